The summed E-state index contributed by atoms with van der Waals surface area (Å²) in [5.74, 6) is 5.05. The molecule has 13 rings (SSSR count). The number of benzene rings is 6. The summed E-state index contributed by atoms with van der Waals surface area (Å²) in [6.45, 7) is 4.70. The van der Waals surface area contributed by atoms with Crippen LogP contribution in [0.2, 0.25) is 0 Å². The van der Waals surface area contributed by atoms with Crippen LogP contribution in [0.4, 0.5) is 0 Å². The second-order valence-electron chi connectivity index (χ2n) is 17.7. The highest BCUT2D eigenvalue weighted by molar-refractivity contribution is 6.09. The number of hydrogen-bond donors (Lipinski definition) is 0. The van der Waals surface area contributed by atoms with E-state index in [9.17, 15) is 0 Å². The summed E-state index contributed by atoms with van der Waals surface area (Å²) in [5, 5.41) is 2.59. The Morgan fingerprint density at radius 1 is 0.500 bits per heavy atom. The lowest BCUT2D eigenvalue weighted by Crippen LogP contribution is -2.57. The molecule has 6 aromatic carbocycles. The minimum Gasteiger partial charge on any atom is -0.309 e. The molecule has 0 atom stereocenters. The van der Waals surface area contributed by atoms with Crippen LogP contribution in [0, 0.1) is 23.7 Å². The molecule has 5 aliphatic carbocycles. The van der Waals surface area contributed by atoms with Crippen molar-refractivity contribution in [2.45, 2.75) is 56.8 Å². The Kier molecular flexibility index (Phi) is 6.83. The Balaban J connectivity index is 1.11. The van der Waals surface area contributed by atoms with Gasteiger partial charge in [-0.3, -0.25) is 0 Å². The molecule has 8 aromatic rings. The van der Waals surface area contributed by atoms with Crippen molar-refractivity contribution >= 4 is 21.8 Å². The van der Waals surface area contributed by atoms with E-state index < -0.39 is 0 Å². The lowest BCUT2D eigenvalue weighted by atomic mass is 9.43. The Hall–Kier alpha value is -5.87. The van der Waals surface area contributed by atoms with Gasteiger partial charge >= 0.3 is 0 Å². The smallest absolute Gasteiger partial charge is 0.163 e. The van der Waals surface area contributed by atoms with E-state index in [0.717, 1.165) is 40.4 Å². The van der Waals surface area contributed by atoms with E-state index in [0.29, 0.717) is 11.8 Å². The van der Waals surface area contributed by atoms with Crippen LogP contribution in [-0.4, -0.2) is 19.5 Å². The molecular weight excluding hydrogens is 681 g/mol. The first-order valence-corrected chi connectivity index (χ1v) is 20.6. The van der Waals surface area contributed by atoms with Gasteiger partial charge in [0.15, 0.2) is 11.6 Å². The molecule has 272 valence electrons. The SMILES string of the molecule is CC1(C)c2ccccc2-c2ccc(-c3nc(-c4ccccc4)nc(C4(c5ccc6c(c5)c5ccccc5n6-c5ccccc5)C5CC6CC(C5)CC4C6)n3)cc21. The Morgan fingerprint density at radius 3 is 1.89 bits per heavy atom. The molecule has 0 unspecified atom stereocenters. The highest BCUT2D eigenvalue weighted by Gasteiger charge is 2.60. The van der Waals surface area contributed by atoms with Gasteiger partial charge in [0.25, 0.3) is 0 Å². The van der Waals surface area contributed by atoms with Gasteiger partial charge in [-0.1, -0.05) is 123 Å². The fraction of sp³-hybridized carbons (Fsp3) is 0.250. The van der Waals surface area contributed by atoms with Gasteiger partial charge in [0.05, 0.1) is 16.4 Å². The summed E-state index contributed by atoms with van der Waals surface area (Å²) in [4.78, 5) is 16.7. The Bertz CT molecular complexity index is 2820. The molecule has 0 radical (unpaired) electrons. The van der Waals surface area contributed by atoms with Gasteiger partial charge in [0, 0.05) is 33.0 Å². The van der Waals surface area contributed by atoms with E-state index >= 15 is 0 Å². The zero-order valence-electron chi connectivity index (χ0n) is 32.0. The summed E-state index contributed by atoms with van der Waals surface area (Å²) >= 11 is 0. The summed E-state index contributed by atoms with van der Waals surface area (Å²) in [5.41, 5.74) is 12.1. The number of aromatic nitrogens is 4. The second-order valence-corrected chi connectivity index (χ2v) is 17.7. The lowest BCUT2D eigenvalue weighted by molar-refractivity contribution is -0.0453. The summed E-state index contributed by atoms with van der Waals surface area (Å²) < 4.78 is 2.43. The standard InChI is InChI=1S/C52H44N4/c1-51(2)44-19-11-9-17-40(44)41-23-21-35(30-45(41)51)49-53-48(34-13-5-3-6-14-34)54-50(55-49)52(37-26-32-25-33(28-37)29-38(52)27-32)36-22-24-47-43(31-36)42-18-10-12-20-46(42)56(47)39-15-7-4-8-16-39/h3-24,30-33,37-38H,25-29H2,1-2H3. The molecule has 4 nitrogen and oxygen atoms in total. The third-order valence-corrected chi connectivity index (χ3v) is 14.5. The van der Waals surface area contributed by atoms with Crippen molar-refractivity contribution in [2.24, 2.45) is 23.7 Å². The molecule has 0 N–H and O–H groups in total. The van der Waals surface area contributed by atoms with Crippen LogP contribution in [0.1, 0.15) is 68.5 Å². The fourth-order valence-electron chi connectivity index (χ4n) is 12.2. The van der Waals surface area contributed by atoms with Gasteiger partial charge in [-0.05, 0) is 120 Å². The quantitative estimate of drug-likeness (QED) is 0.177. The molecule has 56 heavy (non-hydrogen) atoms. The fourth-order valence-corrected chi connectivity index (χ4v) is 12.2. The van der Waals surface area contributed by atoms with E-state index in [-0.39, 0.29) is 10.8 Å². The number of fused-ring (bicyclic) bond motifs is 6. The number of para-hydroxylation sites is 2. The molecule has 5 aliphatic rings. The average molecular weight is 725 g/mol. The molecule has 4 heteroatoms. The lowest BCUT2D eigenvalue weighted by Gasteiger charge is -2.60. The van der Waals surface area contributed by atoms with E-state index in [1.165, 1.54) is 87.4 Å². The third-order valence-electron chi connectivity index (χ3n) is 14.5. The highest BCUT2D eigenvalue weighted by atomic mass is 15.1. The molecule has 0 aliphatic heterocycles. The van der Waals surface area contributed by atoms with Crippen molar-refractivity contribution in [2.75, 3.05) is 0 Å². The van der Waals surface area contributed by atoms with Crippen molar-refractivity contribution in [3.63, 3.8) is 0 Å². The first kappa shape index (κ1) is 32.4. The minimum absolute atomic E-state index is 0.114. The first-order chi connectivity index (χ1) is 27.5. The zero-order valence-corrected chi connectivity index (χ0v) is 32.0. The average Bonchev–Trinajstić information content (AvgIpc) is 3.69. The molecule has 4 saturated carbocycles. The van der Waals surface area contributed by atoms with Crippen LogP contribution in [0.25, 0.3) is 61.4 Å². The van der Waals surface area contributed by atoms with Crippen LogP contribution in [0.5, 0.6) is 0 Å². The molecule has 0 saturated heterocycles. The van der Waals surface area contributed by atoms with Crippen molar-refractivity contribution in [1.29, 1.82) is 0 Å². The predicted molar refractivity (Wildman–Crippen MR) is 227 cm³/mol. The van der Waals surface area contributed by atoms with Crippen LogP contribution < -0.4 is 0 Å². The molecule has 2 heterocycles. The zero-order chi connectivity index (χ0) is 37.2. The maximum atomic E-state index is 5.71. The maximum absolute atomic E-state index is 5.71. The monoisotopic (exact) mass is 724 g/mol. The van der Waals surface area contributed by atoms with Crippen molar-refractivity contribution in [3.8, 4) is 39.6 Å². The molecular formula is C52H44N4. The van der Waals surface area contributed by atoms with Crippen molar-refractivity contribution in [1.82, 2.24) is 19.5 Å². The Morgan fingerprint density at radius 2 is 1.12 bits per heavy atom. The second kappa shape index (κ2) is 11.8. The van der Waals surface area contributed by atoms with Crippen LogP contribution in [0.3, 0.4) is 0 Å². The predicted octanol–water partition coefficient (Wildman–Crippen LogP) is 12.4. The van der Waals surface area contributed by atoms with Crippen LogP contribution in [-0.2, 0) is 10.8 Å². The largest absolute Gasteiger partial charge is 0.309 e. The van der Waals surface area contributed by atoms with Gasteiger partial charge in [-0.25, -0.2) is 15.0 Å². The van der Waals surface area contributed by atoms with E-state index in [1.807, 2.05) is 0 Å². The molecule has 0 amide bonds. The highest BCUT2D eigenvalue weighted by Crippen LogP contribution is 2.65. The topological polar surface area (TPSA) is 43.6 Å². The van der Waals surface area contributed by atoms with E-state index in [1.54, 1.807) is 0 Å². The normalized spacial score (nSPS) is 24.1. The van der Waals surface area contributed by atoms with Crippen LogP contribution >= 0.6 is 0 Å². The Labute approximate surface area is 328 Å². The summed E-state index contributed by atoms with van der Waals surface area (Å²) in [6.07, 6.45) is 6.35. The number of nitrogens with zero attached hydrogens (tertiary/aromatic N) is 4. The third kappa shape index (κ3) is 4.50. The van der Waals surface area contributed by atoms with Crippen molar-refractivity contribution < 1.29 is 0 Å². The summed E-state index contributed by atoms with van der Waals surface area (Å²) in [6, 6.07) is 53.5. The van der Waals surface area contributed by atoms with E-state index in [4.69, 9.17) is 15.0 Å². The van der Waals surface area contributed by atoms with Gasteiger partial charge < -0.3 is 4.57 Å². The molecule has 0 spiro atoms. The first-order valence-electron chi connectivity index (χ1n) is 20.6. The minimum atomic E-state index is -0.314. The maximum Gasteiger partial charge on any atom is 0.163 e. The molecule has 4 fully saturated rings. The molecule has 2 aromatic heterocycles. The number of hydrogen-bond acceptors (Lipinski definition) is 3. The van der Waals surface area contributed by atoms with E-state index in [2.05, 4.69) is 164 Å². The van der Waals surface area contributed by atoms with Gasteiger partial charge in [0.2, 0.25) is 0 Å². The van der Waals surface area contributed by atoms with Crippen molar-refractivity contribution in [3.05, 3.63) is 168 Å². The number of rotatable bonds is 5. The van der Waals surface area contributed by atoms with Gasteiger partial charge in [-0.15, -0.1) is 0 Å². The van der Waals surface area contributed by atoms with Gasteiger partial charge in [0.1, 0.15) is 5.82 Å². The van der Waals surface area contributed by atoms with Crippen LogP contribution in [0.15, 0.2) is 146 Å². The van der Waals surface area contributed by atoms with Gasteiger partial charge in [-0.2, -0.15) is 0 Å². The molecule has 4 bridgehead atoms. The summed E-state index contributed by atoms with van der Waals surface area (Å²) in [7, 11) is 0.